The fourth-order valence-corrected chi connectivity index (χ4v) is 5.81. The van der Waals surface area contributed by atoms with Crippen LogP contribution < -0.4 is 4.31 Å². The second kappa shape index (κ2) is 5.38. The Morgan fingerprint density at radius 1 is 0.957 bits per heavy atom. The van der Waals surface area contributed by atoms with E-state index in [0.29, 0.717) is 10.8 Å². The van der Waals surface area contributed by atoms with Crippen LogP contribution in [-0.2, 0) is 10.0 Å². The van der Waals surface area contributed by atoms with Crippen LogP contribution in [0, 0.1) is 6.92 Å². The molecular weight excluding hydrogens is 306 g/mol. The van der Waals surface area contributed by atoms with Gasteiger partial charge in [-0.1, -0.05) is 48.7 Å². The Kier molecular flexibility index (Phi) is 3.45. The maximum atomic E-state index is 13.3. The number of aryl methyl sites for hydroxylation is 1. The highest BCUT2D eigenvalue weighted by Gasteiger charge is 2.45. The standard InChI is InChI=1S/C19H21NO2S/c1-14-10-12-15(13-11-14)23(21,22)20-18-8-4-2-6-16(18)17-7-3-5-9-19(17)20/h2,4,6,8,10-13,17,19H,3,5,7,9H2,1H3. The van der Waals surface area contributed by atoms with Crippen LogP contribution in [0.4, 0.5) is 5.69 Å². The van der Waals surface area contributed by atoms with Gasteiger partial charge in [-0.05, 0) is 43.5 Å². The molecule has 23 heavy (non-hydrogen) atoms. The number of sulfonamides is 1. The minimum atomic E-state index is -3.51. The highest BCUT2D eigenvalue weighted by molar-refractivity contribution is 7.92. The van der Waals surface area contributed by atoms with Crippen molar-refractivity contribution in [2.24, 2.45) is 0 Å². The van der Waals surface area contributed by atoms with E-state index in [1.54, 1.807) is 16.4 Å². The summed E-state index contributed by atoms with van der Waals surface area (Å²) in [4.78, 5) is 0.393. The summed E-state index contributed by atoms with van der Waals surface area (Å²) in [5, 5.41) is 0. The first-order chi connectivity index (χ1) is 11.1. The Morgan fingerprint density at radius 3 is 2.43 bits per heavy atom. The molecule has 4 rings (SSSR count). The third-order valence-electron chi connectivity index (χ3n) is 5.18. The van der Waals surface area contributed by atoms with E-state index in [0.717, 1.165) is 30.5 Å². The third kappa shape index (κ3) is 2.27. The van der Waals surface area contributed by atoms with Gasteiger partial charge in [-0.2, -0.15) is 0 Å². The van der Waals surface area contributed by atoms with Gasteiger partial charge in [0.2, 0.25) is 0 Å². The molecule has 0 amide bonds. The summed E-state index contributed by atoms with van der Waals surface area (Å²) in [7, 11) is -3.51. The lowest BCUT2D eigenvalue weighted by atomic mass is 9.83. The largest absolute Gasteiger partial charge is 0.264 e. The molecule has 1 aliphatic heterocycles. The summed E-state index contributed by atoms with van der Waals surface area (Å²) in [6.07, 6.45) is 4.33. The number of rotatable bonds is 2. The topological polar surface area (TPSA) is 37.4 Å². The Hall–Kier alpha value is -1.81. The van der Waals surface area contributed by atoms with Crippen LogP contribution in [0.2, 0.25) is 0 Å². The molecule has 0 bridgehead atoms. The zero-order valence-corrected chi connectivity index (χ0v) is 14.1. The molecule has 0 radical (unpaired) electrons. The minimum Gasteiger partial charge on any atom is -0.262 e. The molecule has 2 unspecified atom stereocenters. The molecule has 1 heterocycles. The lowest BCUT2D eigenvalue weighted by Crippen LogP contribution is -2.40. The molecule has 2 aromatic carbocycles. The van der Waals surface area contributed by atoms with Gasteiger partial charge in [0, 0.05) is 5.92 Å². The lowest BCUT2D eigenvalue weighted by molar-refractivity contribution is 0.404. The summed E-state index contributed by atoms with van der Waals surface area (Å²) in [5.41, 5.74) is 3.15. The van der Waals surface area contributed by atoms with E-state index in [1.807, 2.05) is 37.3 Å². The lowest BCUT2D eigenvalue weighted by Gasteiger charge is -2.32. The van der Waals surface area contributed by atoms with Gasteiger partial charge < -0.3 is 0 Å². The second-order valence-electron chi connectivity index (χ2n) is 6.63. The van der Waals surface area contributed by atoms with Crippen molar-refractivity contribution in [2.75, 3.05) is 4.31 Å². The van der Waals surface area contributed by atoms with E-state index in [4.69, 9.17) is 0 Å². The van der Waals surface area contributed by atoms with Crippen LogP contribution in [-0.4, -0.2) is 14.5 Å². The number of nitrogens with zero attached hydrogens (tertiary/aromatic N) is 1. The molecule has 0 N–H and O–H groups in total. The first-order valence-electron chi connectivity index (χ1n) is 8.29. The smallest absolute Gasteiger partial charge is 0.262 e. The summed E-state index contributed by atoms with van der Waals surface area (Å²) >= 11 is 0. The van der Waals surface area contributed by atoms with E-state index in [2.05, 4.69) is 6.07 Å². The third-order valence-corrected chi connectivity index (χ3v) is 7.04. The monoisotopic (exact) mass is 327 g/mol. The van der Waals surface area contributed by atoms with E-state index < -0.39 is 10.0 Å². The van der Waals surface area contributed by atoms with Crippen LogP contribution in [0.5, 0.6) is 0 Å². The predicted octanol–water partition coefficient (Wildman–Crippen LogP) is 4.23. The van der Waals surface area contributed by atoms with E-state index in [-0.39, 0.29) is 6.04 Å². The predicted molar refractivity (Wildman–Crippen MR) is 92.3 cm³/mol. The SMILES string of the molecule is Cc1ccc(S(=O)(=O)N2c3ccccc3C3CCCCC32)cc1. The van der Waals surface area contributed by atoms with Crippen molar-refractivity contribution >= 4 is 15.7 Å². The van der Waals surface area contributed by atoms with Crippen molar-refractivity contribution in [1.82, 2.24) is 0 Å². The summed E-state index contributed by atoms with van der Waals surface area (Å²) in [5.74, 6) is 0.347. The van der Waals surface area contributed by atoms with E-state index >= 15 is 0 Å². The first-order valence-corrected chi connectivity index (χ1v) is 9.73. The van der Waals surface area contributed by atoms with Gasteiger partial charge >= 0.3 is 0 Å². The summed E-state index contributed by atoms with van der Waals surface area (Å²) in [6, 6.07) is 15.3. The summed E-state index contributed by atoms with van der Waals surface area (Å²) in [6.45, 7) is 1.97. The van der Waals surface area contributed by atoms with Crippen molar-refractivity contribution in [2.45, 2.75) is 49.5 Å². The van der Waals surface area contributed by atoms with Gasteiger partial charge in [-0.3, -0.25) is 4.31 Å². The van der Waals surface area contributed by atoms with E-state index in [1.165, 1.54) is 12.0 Å². The number of hydrogen-bond acceptors (Lipinski definition) is 2. The normalized spacial score (nSPS) is 23.4. The van der Waals surface area contributed by atoms with Crippen LogP contribution >= 0.6 is 0 Å². The molecule has 2 aromatic rings. The van der Waals surface area contributed by atoms with E-state index in [9.17, 15) is 8.42 Å². The number of anilines is 1. The Balaban J connectivity index is 1.85. The average Bonchev–Trinajstić information content (AvgIpc) is 2.90. The van der Waals surface area contributed by atoms with Crippen LogP contribution in [0.15, 0.2) is 53.4 Å². The fraction of sp³-hybridized carbons (Fsp3) is 0.368. The molecule has 120 valence electrons. The van der Waals surface area contributed by atoms with Gasteiger partial charge in [-0.25, -0.2) is 8.42 Å². The molecule has 4 heteroatoms. The van der Waals surface area contributed by atoms with Crippen molar-refractivity contribution in [1.29, 1.82) is 0 Å². The molecule has 2 atom stereocenters. The fourth-order valence-electron chi connectivity index (χ4n) is 4.07. The second-order valence-corrected chi connectivity index (χ2v) is 8.45. The number of benzene rings is 2. The number of fused-ring (bicyclic) bond motifs is 3. The Morgan fingerprint density at radius 2 is 1.65 bits per heavy atom. The van der Waals surface area contributed by atoms with Gasteiger partial charge in [0.1, 0.15) is 0 Å². The molecule has 2 aliphatic rings. The van der Waals surface area contributed by atoms with Gasteiger partial charge in [0.15, 0.2) is 0 Å². The van der Waals surface area contributed by atoms with Gasteiger partial charge in [-0.15, -0.1) is 0 Å². The van der Waals surface area contributed by atoms with Crippen molar-refractivity contribution in [3.63, 3.8) is 0 Å². The first kappa shape index (κ1) is 14.8. The number of para-hydroxylation sites is 1. The van der Waals surface area contributed by atoms with Crippen molar-refractivity contribution in [3.8, 4) is 0 Å². The van der Waals surface area contributed by atoms with Crippen LogP contribution in [0.1, 0.15) is 42.7 Å². The molecule has 1 aliphatic carbocycles. The van der Waals surface area contributed by atoms with Crippen LogP contribution in [0.3, 0.4) is 0 Å². The van der Waals surface area contributed by atoms with Gasteiger partial charge in [0.25, 0.3) is 10.0 Å². The Labute approximate surface area is 138 Å². The maximum absolute atomic E-state index is 13.3. The van der Waals surface area contributed by atoms with Crippen molar-refractivity contribution < 1.29 is 8.42 Å². The van der Waals surface area contributed by atoms with Gasteiger partial charge in [0.05, 0.1) is 16.6 Å². The van der Waals surface area contributed by atoms with Crippen molar-refractivity contribution in [3.05, 3.63) is 59.7 Å². The molecule has 0 aromatic heterocycles. The zero-order chi connectivity index (χ0) is 16.0. The molecule has 1 fully saturated rings. The summed E-state index contributed by atoms with van der Waals surface area (Å²) < 4.78 is 28.3. The average molecular weight is 327 g/mol. The number of hydrogen-bond donors (Lipinski definition) is 0. The minimum absolute atomic E-state index is 0.0763. The molecule has 1 saturated carbocycles. The zero-order valence-electron chi connectivity index (χ0n) is 13.3. The quantitative estimate of drug-likeness (QED) is 0.828. The highest BCUT2D eigenvalue weighted by atomic mass is 32.2. The molecular formula is C19H21NO2S. The highest BCUT2D eigenvalue weighted by Crippen LogP contribution is 2.49. The maximum Gasteiger partial charge on any atom is 0.264 e. The molecule has 0 spiro atoms. The molecule has 0 saturated heterocycles. The Bertz CT molecular complexity index is 827. The van der Waals surface area contributed by atoms with Crippen LogP contribution in [0.25, 0.3) is 0 Å². The molecule has 3 nitrogen and oxygen atoms in total.